The number of guanidine groups is 1. The number of rotatable bonds is 3. The third-order valence-electron chi connectivity index (χ3n) is 5.95. The fourth-order valence-corrected chi connectivity index (χ4v) is 4.46. The number of nitrogens with zero attached hydrogens (tertiary/aromatic N) is 2. The summed E-state index contributed by atoms with van der Waals surface area (Å²) in [4.78, 5) is 18.6. The Hall–Kier alpha value is -1.31. The van der Waals surface area contributed by atoms with E-state index in [0.29, 0.717) is 18.4 Å². The smallest absolute Gasteiger partial charge is 0.220 e. The minimum absolute atomic E-state index is 0. The Labute approximate surface area is 173 Å². The van der Waals surface area contributed by atoms with Crippen molar-refractivity contribution in [3.8, 4) is 0 Å². The molecule has 3 fully saturated rings. The molecule has 3 aliphatic rings. The maximum absolute atomic E-state index is 11.7. The molecule has 2 N–H and O–H groups in total. The monoisotopic (exact) mass is 468 g/mol. The Balaban J connectivity index is 0.00000196. The molecule has 0 aromatic heterocycles. The van der Waals surface area contributed by atoms with E-state index in [0.717, 1.165) is 44.9 Å². The summed E-state index contributed by atoms with van der Waals surface area (Å²) in [6.45, 7) is 2.78. The standard InChI is InChI=1S/C20H28N4O.HI/c1-21-19(23-17-11-16(17)10-15-6-3-2-4-7-15)24-9-5-8-20(14-24)12-18(25)22-13-20;/h2-4,6-7,16-17H,5,8-14H2,1H3,(H,21,23)(H,22,25);1H. The number of hydrogen-bond acceptors (Lipinski definition) is 2. The molecular formula is C20H29IN4O. The first kappa shape index (κ1) is 19.5. The van der Waals surface area contributed by atoms with Gasteiger partial charge in [-0.2, -0.15) is 0 Å². The molecule has 1 aromatic rings. The first-order valence-electron chi connectivity index (χ1n) is 9.46. The Morgan fingerprint density at radius 1 is 1.38 bits per heavy atom. The van der Waals surface area contributed by atoms with Crippen LogP contribution in [0.2, 0.25) is 0 Å². The van der Waals surface area contributed by atoms with Crippen molar-refractivity contribution in [1.29, 1.82) is 0 Å². The quantitative estimate of drug-likeness (QED) is 0.407. The van der Waals surface area contributed by atoms with Gasteiger partial charge in [-0.1, -0.05) is 30.3 Å². The van der Waals surface area contributed by atoms with Gasteiger partial charge < -0.3 is 15.5 Å². The molecule has 5 nitrogen and oxygen atoms in total. The second-order valence-electron chi connectivity index (χ2n) is 7.96. The molecule has 2 aliphatic heterocycles. The van der Waals surface area contributed by atoms with Crippen LogP contribution in [-0.2, 0) is 11.2 Å². The van der Waals surface area contributed by atoms with Crippen LogP contribution in [0.3, 0.4) is 0 Å². The molecule has 26 heavy (non-hydrogen) atoms. The lowest BCUT2D eigenvalue weighted by molar-refractivity contribution is -0.119. The van der Waals surface area contributed by atoms with Crippen LogP contribution < -0.4 is 10.6 Å². The molecule has 6 heteroatoms. The van der Waals surface area contributed by atoms with Crippen LogP contribution in [0, 0.1) is 11.3 Å². The fourth-order valence-electron chi connectivity index (χ4n) is 4.46. The predicted octanol–water partition coefficient (Wildman–Crippen LogP) is 2.41. The van der Waals surface area contributed by atoms with E-state index in [1.807, 2.05) is 7.05 Å². The molecule has 3 unspecified atom stereocenters. The summed E-state index contributed by atoms with van der Waals surface area (Å²) in [5.74, 6) is 1.92. The molecule has 142 valence electrons. The zero-order chi connectivity index (χ0) is 17.3. The average Bonchev–Trinajstić information content (AvgIpc) is 3.26. The summed E-state index contributed by atoms with van der Waals surface area (Å²) < 4.78 is 0. The Morgan fingerprint density at radius 3 is 2.88 bits per heavy atom. The molecule has 0 bridgehead atoms. The summed E-state index contributed by atoms with van der Waals surface area (Å²) in [5.41, 5.74) is 1.53. The van der Waals surface area contributed by atoms with Gasteiger partial charge in [-0.15, -0.1) is 24.0 Å². The average molecular weight is 468 g/mol. The maximum atomic E-state index is 11.7. The number of hydrogen-bond donors (Lipinski definition) is 2. The fraction of sp³-hybridized carbons (Fsp3) is 0.600. The van der Waals surface area contributed by atoms with E-state index in [2.05, 4.69) is 50.9 Å². The lowest BCUT2D eigenvalue weighted by Gasteiger charge is -2.40. The topological polar surface area (TPSA) is 56.7 Å². The summed E-state index contributed by atoms with van der Waals surface area (Å²) in [5, 5.41) is 6.69. The second-order valence-corrected chi connectivity index (χ2v) is 7.96. The number of amides is 1. The van der Waals surface area contributed by atoms with E-state index in [1.165, 1.54) is 12.0 Å². The highest BCUT2D eigenvalue weighted by Gasteiger charge is 2.44. The molecule has 1 amide bonds. The van der Waals surface area contributed by atoms with Gasteiger partial charge in [0.1, 0.15) is 0 Å². The van der Waals surface area contributed by atoms with E-state index >= 15 is 0 Å². The Kier molecular flexibility index (Phi) is 6.10. The highest BCUT2D eigenvalue weighted by Crippen LogP contribution is 2.37. The Morgan fingerprint density at radius 2 is 2.19 bits per heavy atom. The number of aliphatic imine (C=N–C) groups is 1. The number of benzene rings is 1. The minimum Gasteiger partial charge on any atom is -0.355 e. The van der Waals surface area contributed by atoms with Crippen LogP contribution in [-0.4, -0.2) is 49.5 Å². The SMILES string of the molecule is CN=C(NC1CC1Cc1ccccc1)N1CCCC2(CNC(=O)C2)C1.I. The van der Waals surface area contributed by atoms with Gasteiger partial charge >= 0.3 is 0 Å². The molecule has 4 rings (SSSR count). The molecular weight excluding hydrogens is 439 g/mol. The molecule has 0 radical (unpaired) electrons. The summed E-state index contributed by atoms with van der Waals surface area (Å²) in [6.07, 6.45) is 5.29. The highest BCUT2D eigenvalue weighted by molar-refractivity contribution is 14.0. The Bertz CT molecular complexity index is 665. The van der Waals surface area contributed by atoms with Crippen LogP contribution in [0.1, 0.15) is 31.2 Å². The van der Waals surface area contributed by atoms with E-state index in [1.54, 1.807) is 0 Å². The van der Waals surface area contributed by atoms with Crippen molar-refractivity contribution in [3.05, 3.63) is 35.9 Å². The first-order chi connectivity index (χ1) is 12.2. The van der Waals surface area contributed by atoms with E-state index < -0.39 is 0 Å². The number of nitrogens with one attached hydrogen (secondary N) is 2. The number of carbonyl (C=O) groups excluding carboxylic acids is 1. The van der Waals surface area contributed by atoms with Crippen molar-refractivity contribution in [3.63, 3.8) is 0 Å². The van der Waals surface area contributed by atoms with Crippen LogP contribution in [0.4, 0.5) is 0 Å². The van der Waals surface area contributed by atoms with Crippen LogP contribution >= 0.6 is 24.0 Å². The van der Waals surface area contributed by atoms with Crippen molar-refractivity contribution in [2.75, 3.05) is 26.7 Å². The number of piperidine rings is 1. The summed E-state index contributed by atoms with van der Waals surface area (Å²) in [7, 11) is 1.87. The third kappa shape index (κ3) is 4.32. The third-order valence-corrected chi connectivity index (χ3v) is 5.95. The molecule has 1 aliphatic carbocycles. The lowest BCUT2D eigenvalue weighted by Crippen LogP contribution is -2.51. The number of carbonyl (C=O) groups is 1. The zero-order valence-corrected chi connectivity index (χ0v) is 17.7. The van der Waals surface area contributed by atoms with Crippen LogP contribution in [0.15, 0.2) is 35.3 Å². The summed E-state index contributed by atoms with van der Waals surface area (Å²) in [6, 6.07) is 11.3. The first-order valence-corrected chi connectivity index (χ1v) is 9.46. The zero-order valence-electron chi connectivity index (χ0n) is 15.4. The van der Waals surface area contributed by atoms with Crippen molar-refractivity contribution in [1.82, 2.24) is 15.5 Å². The largest absolute Gasteiger partial charge is 0.355 e. The van der Waals surface area contributed by atoms with Crippen molar-refractivity contribution in [2.24, 2.45) is 16.3 Å². The minimum atomic E-state index is 0. The van der Waals surface area contributed by atoms with Gasteiger partial charge in [0.05, 0.1) is 0 Å². The van der Waals surface area contributed by atoms with Crippen molar-refractivity contribution >= 4 is 35.8 Å². The van der Waals surface area contributed by atoms with Gasteiger partial charge in [-0.3, -0.25) is 9.79 Å². The summed E-state index contributed by atoms with van der Waals surface area (Å²) >= 11 is 0. The lowest BCUT2D eigenvalue weighted by atomic mass is 9.79. The number of likely N-dealkylation sites (tertiary alicyclic amines) is 1. The molecule has 1 spiro atoms. The van der Waals surface area contributed by atoms with Gasteiger partial charge in [0.2, 0.25) is 5.91 Å². The van der Waals surface area contributed by atoms with Crippen LogP contribution in [0.5, 0.6) is 0 Å². The molecule has 2 heterocycles. The van der Waals surface area contributed by atoms with Gasteiger partial charge in [0.25, 0.3) is 0 Å². The maximum Gasteiger partial charge on any atom is 0.220 e. The van der Waals surface area contributed by atoms with Gasteiger partial charge in [0.15, 0.2) is 5.96 Å². The van der Waals surface area contributed by atoms with Gasteiger partial charge in [-0.05, 0) is 37.2 Å². The van der Waals surface area contributed by atoms with Gasteiger partial charge in [-0.25, -0.2) is 0 Å². The van der Waals surface area contributed by atoms with Crippen LogP contribution in [0.25, 0.3) is 0 Å². The molecule has 1 saturated carbocycles. The van der Waals surface area contributed by atoms with Gasteiger partial charge in [0, 0.05) is 44.6 Å². The van der Waals surface area contributed by atoms with E-state index in [-0.39, 0.29) is 35.3 Å². The second kappa shape index (κ2) is 8.15. The molecule has 3 atom stereocenters. The predicted molar refractivity (Wildman–Crippen MR) is 115 cm³/mol. The highest BCUT2D eigenvalue weighted by atomic mass is 127. The van der Waals surface area contributed by atoms with Crippen molar-refractivity contribution in [2.45, 2.75) is 38.1 Å². The molecule has 1 aromatic carbocycles. The van der Waals surface area contributed by atoms with Crippen molar-refractivity contribution < 1.29 is 4.79 Å². The molecule has 2 saturated heterocycles. The van der Waals surface area contributed by atoms with E-state index in [9.17, 15) is 4.79 Å². The normalized spacial score (nSPS) is 30.7. The van der Waals surface area contributed by atoms with E-state index in [4.69, 9.17) is 0 Å². The number of halogens is 1.